The first-order valence-electron chi connectivity index (χ1n) is 11.3. The molecule has 2 aromatic rings. The number of fused-ring (bicyclic) bond motifs is 2. The van der Waals surface area contributed by atoms with Gasteiger partial charge in [-0.2, -0.15) is 0 Å². The Labute approximate surface area is 190 Å². The van der Waals surface area contributed by atoms with Gasteiger partial charge < -0.3 is 0 Å². The van der Waals surface area contributed by atoms with E-state index in [1.807, 2.05) is 23.5 Å². The summed E-state index contributed by atoms with van der Waals surface area (Å²) in [5, 5.41) is 0. The third kappa shape index (κ3) is 4.83. The van der Waals surface area contributed by atoms with Crippen LogP contribution in [0, 0.1) is 0 Å². The number of carbonyl (C=O) groups excluding carboxylic acids is 1. The second-order valence-electron chi connectivity index (χ2n) is 10.2. The number of hydrogen-bond acceptors (Lipinski definition) is 3. The highest BCUT2D eigenvalue weighted by Crippen LogP contribution is 2.41. The van der Waals surface area contributed by atoms with E-state index < -0.39 is 0 Å². The summed E-state index contributed by atoms with van der Waals surface area (Å²) in [5.41, 5.74) is 5.58. The largest absolute Gasteiger partial charge is 0.299 e. The van der Waals surface area contributed by atoms with Gasteiger partial charge in [-0.05, 0) is 82.4 Å². The molecule has 2 aliphatic heterocycles. The van der Waals surface area contributed by atoms with Crippen molar-refractivity contribution in [3.8, 4) is 0 Å². The highest BCUT2D eigenvalue weighted by molar-refractivity contribution is 7.99. The summed E-state index contributed by atoms with van der Waals surface area (Å²) >= 11 is 3.94. The molecule has 0 unspecified atom stereocenters. The summed E-state index contributed by atoms with van der Waals surface area (Å²) in [6.45, 7) is 9.38. The van der Waals surface area contributed by atoms with Gasteiger partial charge in [-0.1, -0.05) is 52.0 Å². The van der Waals surface area contributed by atoms with Crippen molar-refractivity contribution >= 4 is 29.3 Å². The van der Waals surface area contributed by atoms with E-state index in [0.29, 0.717) is 18.6 Å². The number of thioether (sulfide) groups is 2. The molecule has 0 radical (unpaired) electrons. The minimum absolute atomic E-state index is 0.193. The fourth-order valence-electron chi connectivity index (χ4n) is 4.86. The van der Waals surface area contributed by atoms with Crippen molar-refractivity contribution in [2.45, 2.75) is 86.8 Å². The summed E-state index contributed by atoms with van der Waals surface area (Å²) in [6.07, 6.45) is 6.01. The maximum Gasteiger partial charge on any atom is 0.141 e. The first kappa shape index (κ1) is 22.0. The summed E-state index contributed by atoms with van der Waals surface area (Å²) in [5.74, 6) is 2.71. The van der Waals surface area contributed by atoms with Crippen LogP contribution in [0.15, 0.2) is 46.2 Å². The highest BCUT2D eigenvalue weighted by Gasteiger charge is 2.28. The van der Waals surface area contributed by atoms with Crippen LogP contribution in [0.4, 0.5) is 0 Å². The molecule has 0 aliphatic carbocycles. The molecule has 0 atom stereocenters. The molecule has 0 amide bonds. The van der Waals surface area contributed by atoms with Crippen LogP contribution in [0.25, 0.3) is 0 Å². The summed E-state index contributed by atoms with van der Waals surface area (Å²) < 4.78 is 0. The van der Waals surface area contributed by atoms with Crippen LogP contribution < -0.4 is 0 Å². The maximum absolute atomic E-state index is 13.0. The Balaban J connectivity index is 1.51. The molecular weight excluding hydrogens is 404 g/mol. The zero-order chi connectivity index (χ0) is 21.4. The van der Waals surface area contributed by atoms with Gasteiger partial charge in [0.1, 0.15) is 5.78 Å². The number of rotatable bonds is 4. The Morgan fingerprint density at radius 1 is 0.767 bits per heavy atom. The first-order valence-corrected chi connectivity index (χ1v) is 13.3. The zero-order valence-electron chi connectivity index (χ0n) is 18.8. The lowest BCUT2D eigenvalue weighted by Crippen LogP contribution is -2.18. The molecule has 1 nitrogen and oxygen atoms in total. The molecule has 2 heterocycles. The van der Waals surface area contributed by atoms with Gasteiger partial charge in [0.05, 0.1) is 0 Å². The third-order valence-corrected chi connectivity index (χ3v) is 9.08. The Bertz CT molecular complexity index is 866. The Kier molecular flexibility index (Phi) is 6.42. The average Bonchev–Trinajstić information content (AvgIpc) is 2.93. The van der Waals surface area contributed by atoms with E-state index in [-0.39, 0.29) is 10.8 Å². The monoisotopic (exact) mass is 438 g/mol. The van der Waals surface area contributed by atoms with E-state index in [1.165, 1.54) is 69.2 Å². The van der Waals surface area contributed by atoms with Crippen LogP contribution in [0.2, 0.25) is 0 Å². The number of hydrogen-bond donors (Lipinski definition) is 0. The molecule has 0 fully saturated rings. The number of Topliss-reactive ketones (excluding diaryl/α,β-unsaturated/α-hetero) is 1. The van der Waals surface area contributed by atoms with E-state index in [9.17, 15) is 4.79 Å². The average molecular weight is 439 g/mol. The van der Waals surface area contributed by atoms with Crippen LogP contribution in [-0.2, 0) is 28.5 Å². The van der Waals surface area contributed by atoms with Gasteiger partial charge in [-0.3, -0.25) is 4.79 Å². The molecule has 160 valence electrons. The molecule has 2 aliphatic rings. The predicted octanol–water partition coefficient (Wildman–Crippen LogP) is 7.37. The lowest BCUT2D eigenvalue weighted by Gasteiger charge is -2.26. The van der Waals surface area contributed by atoms with Crippen LogP contribution in [-0.4, -0.2) is 17.3 Å². The summed E-state index contributed by atoms with van der Waals surface area (Å²) in [7, 11) is 0. The summed E-state index contributed by atoms with van der Waals surface area (Å²) in [6, 6.07) is 13.4. The Morgan fingerprint density at radius 3 is 1.63 bits per heavy atom. The van der Waals surface area contributed by atoms with Crippen LogP contribution >= 0.6 is 23.5 Å². The van der Waals surface area contributed by atoms with Crippen molar-refractivity contribution in [3.05, 3.63) is 58.7 Å². The van der Waals surface area contributed by atoms with Gasteiger partial charge in [0, 0.05) is 22.6 Å². The molecule has 0 N–H and O–H groups in total. The van der Waals surface area contributed by atoms with Crippen molar-refractivity contribution in [3.63, 3.8) is 0 Å². The van der Waals surface area contributed by atoms with Crippen molar-refractivity contribution in [2.75, 3.05) is 11.5 Å². The SMILES string of the molecule is CC1(C)CCCSc2ccc(CC(=O)Cc3ccc4c(c3)C(C)(C)CCCS4)cc21. The fraction of sp³-hybridized carbons (Fsp3) is 0.519. The van der Waals surface area contributed by atoms with Crippen LogP contribution in [0.5, 0.6) is 0 Å². The minimum atomic E-state index is 0.193. The van der Waals surface area contributed by atoms with Gasteiger partial charge in [0.15, 0.2) is 0 Å². The number of ketones is 1. The maximum atomic E-state index is 13.0. The van der Waals surface area contributed by atoms with Crippen molar-refractivity contribution < 1.29 is 4.79 Å². The van der Waals surface area contributed by atoms with E-state index >= 15 is 0 Å². The topological polar surface area (TPSA) is 17.1 Å². The van der Waals surface area contributed by atoms with E-state index in [1.54, 1.807) is 0 Å². The van der Waals surface area contributed by atoms with Gasteiger partial charge in [0.2, 0.25) is 0 Å². The molecule has 0 bridgehead atoms. The highest BCUT2D eigenvalue weighted by atomic mass is 32.2. The molecule has 3 heteroatoms. The molecule has 4 rings (SSSR count). The Hall–Kier alpha value is -1.19. The molecule has 0 saturated carbocycles. The Morgan fingerprint density at radius 2 is 1.20 bits per heavy atom. The van der Waals surface area contributed by atoms with Crippen LogP contribution in [0.1, 0.15) is 75.6 Å². The molecular formula is C27H34OS2. The van der Waals surface area contributed by atoms with E-state index in [4.69, 9.17) is 0 Å². The molecule has 30 heavy (non-hydrogen) atoms. The molecule has 0 aromatic heterocycles. The zero-order valence-corrected chi connectivity index (χ0v) is 20.5. The minimum Gasteiger partial charge on any atom is -0.299 e. The molecule has 2 aromatic carbocycles. The van der Waals surface area contributed by atoms with Crippen LogP contribution in [0.3, 0.4) is 0 Å². The molecule has 0 saturated heterocycles. The number of benzene rings is 2. The molecule has 0 spiro atoms. The first-order chi connectivity index (χ1) is 14.2. The van der Waals surface area contributed by atoms with Gasteiger partial charge in [-0.15, -0.1) is 23.5 Å². The number of carbonyl (C=O) groups is 1. The van der Waals surface area contributed by atoms with Crippen molar-refractivity contribution in [1.29, 1.82) is 0 Å². The predicted molar refractivity (Wildman–Crippen MR) is 131 cm³/mol. The second-order valence-corrected chi connectivity index (χ2v) is 12.5. The second kappa shape index (κ2) is 8.74. The third-order valence-electron chi connectivity index (χ3n) is 6.76. The smallest absolute Gasteiger partial charge is 0.141 e. The van der Waals surface area contributed by atoms with Gasteiger partial charge in [0.25, 0.3) is 0 Å². The van der Waals surface area contributed by atoms with Gasteiger partial charge in [-0.25, -0.2) is 0 Å². The van der Waals surface area contributed by atoms with E-state index in [2.05, 4.69) is 64.1 Å². The quantitative estimate of drug-likeness (QED) is 0.496. The van der Waals surface area contributed by atoms with E-state index in [0.717, 1.165) is 0 Å². The lowest BCUT2D eigenvalue weighted by atomic mass is 9.79. The van der Waals surface area contributed by atoms with Crippen molar-refractivity contribution in [2.24, 2.45) is 0 Å². The standard InChI is InChI=1S/C27H34OS2/c1-26(2)11-5-13-29-24-9-7-19(17-22(24)26)15-21(28)16-20-8-10-25-23(18-20)27(3,4)12-6-14-30-25/h7-10,17-18H,5-6,11-16H2,1-4H3. The summed E-state index contributed by atoms with van der Waals surface area (Å²) in [4.78, 5) is 15.8. The van der Waals surface area contributed by atoms with Gasteiger partial charge >= 0.3 is 0 Å². The van der Waals surface area contributed by atoms with Crippen molar-refractivity contribution in [1.82, 2.24) is 0 Å². The normalized spacial score (nSPS) is 19.9. The lowest BCUT2D eigenvalue weighted by molar-refractivity contribution is -0.117. The fourth-order valence-corrected chi connectivity index (χ4v) is 7.19.